The third-order valence-electron chi connectivity index (χ3n) is 4.80. The summed E-state index contributed by atoms with van der Waals surface area (Å²) in [5, 5.41) is 30.4. The molecule has 0 unspecified atom stereocenters. The third kappa shape index (κ3) is 3.47. The highest BCUT2D eigenvalue weighted by molar-refractivity contribution is 9.11. The minimum Gasteiger partial charge on any atom is -0.505 e. The van der Waals surface area contributed by atoms with E-state index >= 15 is 0 Å². The quantitative estimate of drug-likeness (QED) is 0.204. The molecular weight excluding hydrogens is 684 g/mol. The molecule has 0 amide bonds. The molecule has 0 atom stereocenters. The lowest BCUT2D eigenvalue weighted by atomic mass is 9.87. The predicted octanol–water partition coefficient (Wildman–Crippen LogP) is 6.72. The first kappa shape index (κ1) is 23.0. The smallest absolute Gasteiger partial charge is 0.336 e. The van der Waals surface area contributed by atoms with Gasteiger partial charge in [-0.1, -0.05) is 6.07 Å². The van der Waals surface area contributed by atoms with Crippen LogP contribution in [0.5, 0.6) is 5.75 Å². The number of phenolic OH excluding ortho intramolecular Hbond substituents is 1. The Morgan fingerprint density at radius 2 is 1.44 bits per heavy atom. The number of halogens is 4. The van der Waals surface area contributed by atoms with Gasteiger partial charge in [0.25, 0.3) is 0 Å². The van der Waals surface area contributed by atoms with E-state index in [4.69, 9.17) is 4.42 Å². The van der Waals surface area contributed by atoms with E-state index in [0.29, 0.717) is 5.39 Å². The standard InChI is InChI=1S/C21H8Br4O7/c22-10-4-8-13(12-6(20(28)29)2-1-3-7(12)21(30)31)9-5-11(23)17(27)15(25)19(9)32-18(8)14(24)16(10)26/h1-5,26H,(H,28,29)(H,30,31). The molecule has 1 aliphatic carbocycles. The number of benzene rings is 3. The minimum absolute atomic E-state index is 0.0454. The molecule has 2 aromatic carbocycles. The highest BCUT2D eigenvalue weighted by atomic mass is 79.9. The number of carboxylic acids is 2. The van der Waals surface area contributed by atoms with Crippen molar-refractivity contribution >= 4 is 86.6 Å². The van der Waals surface area contributed by atoms with Crippen LogP contribution in [0.15, 0.2) is 57.4 Å². The summed E-state index contributed by atoms with van der Waals surface area (Å²) in [7, 11) is 0. The largest absolute Gasteiger partial charge is 0.505 e. The molecule has 0 spiro atoms. The number of carbonyl (C=O) groups is 2. The summed E-state index contributed by atoms with van der Waals surface area (Å²) in [4.78, 5) is 36.7. The first-order valence-electron chi connectivity index (χ1n) is 8.60. The maximum Gasteiger partial charge on any atom is 0.336 e. The van der Waals surface area contributed by atoms with Crippen molar-refractivity contribution in [2.75, 3.05) is 0 Å². The Morgan fingerprint density at radius 1 is 0.844 bits per heavy atom. The number of phenols is 1. The average molecular weight is 692 g/mol. The summed E-state index contributed by atoms with van der Waals surface area (Å²) in [6.45, 7) is 0. The number of fused-ring (bicyclic) bond motifs is 2. The van der Waals surface area contributed by atoms with E-state index in [1.807, 2.05) is 0 Å². The zero-order valence-corrected chi connectivity index (χ0v) is 21.7. The highest BCUT2D eigenvalue weighted by Crippen LogP contribution is 2.49. The second-order valence-corrected chi connectivity index (χ2v) is 9.89. The first-order chi connectivity index (χ1) is 15.0. The highest BCUT2D eigenvalue weighted by Gasteiger charge is 2.30. The van der Waals surface area contributed by atoms with Gasteiger partial charge in [0.2, 0.25) is 5.43 Å². The summed E-state index contributed by atoms with van der Waals surface area (Å²) in [6.07, 6.45) is 0. The van der Waals surface area contributed by atoms with Crippen molar-refractivity contribution in [3.05, 3.63) is 69.6 Å². The van der Waals surface area contributed by atoms with Crippen LogP contribution in [0.4, 0.5) is 0 Å². The van der Waals surface area contributed by atoms with Gasteiger partial charge in [-0.3, -0.25) is 4.79 Å². The fourth-order valence-corrected chi connectivity index (χ4v) is 5.84. The summed E-state index contributed by atoms with van der Waals surface area (Å²) < 4.78 is 6.55. The van der Waals surface area contributed by atoms with Crippen LogP contribution in [0, 0.1) is 0 Å². The van der Waals surface area contributed by atoms with Gasteiger partial charge in [-0.05, 0) is 88.0 Å². The van der Waals surface area contributed by atoms with Crippen LogP contribution in [0.3, 0.4) is 0 Å². The van der Waals surface area contributed by atoms with Crippen molar-refractivity contribution in [1.29, 1.82) is 0 Å². The Bertz CT molecular complexity index is 1470. The van der Waals surface area contributed by atoms with Crippen LogP contribution in [0.2, 0.25) is 0 Å². The molecule has 0 bridgehead atoms. The normalized spacial score (nSPS) is 11.2. The van der Waals surface area contributed by atoms with Gasteiger partial charge in [0.1, 0.15) is 14.7 Å². The molecule has 0 radical (unpaired) electrons. The van der Waals surface area contributed by atoms with Crippen LogP contribution < -0.4 is 5.43 Å². The first-order valence-corrected chi connectivity index (χ1v) is 11.8. The summed E-state index contributed by atoms with van der Waals surface area (Å²) in [6, 6.07) is 6.86. The zero-order valence-electron chi connectivity index (χ0n) is 15.4. The Labute approximate surface area is 212 Å². The fourth-order valence-electron chi connectivity index (χ4n) is 3.44. The van der Waals surface area contributed by atoms with E-state index in [1.165, 1.54) is 30.3 Å². The zero-order chi connectivity index (χ0) is 23.5. The topological polar surface area (TPSA) is 125 Å². The molecule has 2 aliphatic rings. The van der Waals surface area contributed by atoms with E-state index in [1.54, 1.807) is 0 Å². The van der Waals surface area contributed by atoms with Crippen molar-refractivity contribution in [2.24, 2.45) is 0 Å². The molecule has 3 N–H and O–H groups in total. The molecule has 4 rings (SSSR count). The average Bonchev–Trinajstić information content (AvgIpc) is 2.74. The molecule has 2 aromatic rings. The number of hydrogen-bond donors (Lipinski definition) is 3. The van der Waals surface area contributed by atoms with Crippen LogP contribution >= 0.6 is 63.7 Å². The second-order valence-electron chi connectivity index (χ2n) is 6.59. The van der Waals surface area contributed by atoms with E-state index in [-0.39, 0.29) is 62.8 Å². The van der Waals surface area contributed by atoms with E-state index < -0.39 is 17.4 Å². The Kier molecular flexibility index (Phi) is 5.95. The molecule has 1 aliphatic heterocycles. The van der Waals surface area contributed by atoms with Gasteiger partial charge in [-0.25, -0.2) is 9.59 Å². The molecule has 0 saturated heterocycles. The number of hydrogen-bond acceptors (Lipinski definition) is 5. The minimum atomic E-state index is -1.33. The maximum absolute atomic E-state index is 12.5. The van der Waals surface area contributed by atoms with Crippen LogP contribution in [0.25, 0.3) is 33.4 Å². The van der Waals surface area contributed by atoms with Gasteiger partial charge in [-0.2, -0.15) is 0 Å². The fraction of sp³-hybridized carbons (Fsp3) is 0. The summed E-state index contributed by atoms with van der Waals surface area (Å²) in [5.74, 6) is -2.80. The Hall–Kier alpha value is -2.21. The molecule has 1 heterocycles. The monoisotopic (exact) mass is 688 g/mol. The van der Waals surface area contributed by atoms with Crippen molar-refractivity contribution in [3.63, 3.8) is 0 Å². The Balaban J connectivity index is 2.40. The number of aromatic carboxylic acids is 2. The van der Waals surface area contributed by atoms with Gasteiger partial charge in [-0.15, -0.1) is 0 Å². The molecule has 0 fully saturated rings. The van der Waals surface area contributed by atoms with E-state index in [2.05, 4.69) is 63.7 Å². The lowest BCUT2D eigenvalue weighted by Gasteiger charge is -2.20. The summed E-state index contributed by atoms with van der Waals surface area (Å²) in [5.41, 5.74) is -0.410. The Morgan fingerprint density at radius 3 is 2.00 bits per heavy atom. The second kappa shape index (κ2) is 8.29. The maximum atomic E-state index is 12.5. The van der Waals surface area contributed by atoms with Crippen LogP contribution in [-0.2, 0) is 0 Å². The van der Waals surface area contributed by atoms with Gasteiger partial charge in [0.05, 0.1) is 20.1 Å². The molecule has 0 aromatic heterocycles. The van der Waals surface area contributed by atoms with Crippen molar-refractivity contribution < 1.29 is 29.3 Å². The van der Waals surface area contributed by atoms with Crippen LogP contribution in [0.1, 0.15) is 20.7 Å². The van der Waals surface area contributed by atoms with E-state index in [0.717, 1.165) is 0 Å². The van der Waals surface area contributed by atoms with Crippen molar-refractivity contribution in [1.82, 2.24) is 0 Å². The molecule has 7 nitrogen and oxygen atoms in total. The summed E-state index contributed by atoms with van der Waals surface area (Å²) >= 11 is 12.9. The molecule has 162 valence electrons. The predicted molar refractivity (Wildman–Crippen MR) is 131 cm³/mol. The number of rotatable bonds is 3. The van der Waals surface area contributed by atoms with Crippen molar-refractivity contribution in [2.45, 2.75) is 0 Å². The lowest BCUT2D eigenvalue weighted by Crippen LogP contribution is -2.10. The number of carboxylic acid groups (broad SMARTS) is 2. The van der Waals surface area contributed by atoms with Crippen molar-refractivity contribution in [3.8, 4) is 28.2 Å². The van der Waals surface area contributed by atoms with Gasteiger partial charge < -0.3 is 19.7 Å². The van der Waals surface area contributed by atoms with Gasteiger partial charge in [0.15, 0.2) is 11.3 Å². The molecule has 11 heteroatoms. The van der Waals surface area contributed by atoms with Crippen LogP contribution in [-0.4, -0.2) is 27.3 Å². The molecule has 0 saturated carbocycles. The third-order valence-corrected chi connectivity index (χ3v) is 7.45. The van der Waals surface area contributed by atoms with Gasteiger partial charge in [0, 0.05) is 22.1 Å². The SMILES string of the molecule is O=C(O)c1cccc(C(=O)O)c1-c1c2cc(Br)c(=O)c(Br)c-2oc2c(Br)c(O)c(Br)cc12. The van der Waals surface area contributed by atoms with Gasteiger partial charge >= 0.3 is 11.9 Å². The number of aromatic hydroxyl groups is 1. The molecule has 32 heavy (non-hydrogen) atoms. The molecular formula is C21H8Br4O7. The lowest BCUT2D eigenvalue weighted by molar-refractivity contribution is 0.0696. The van der Waals surface area contributed by atoms with E-state index in [9.17, 15) is 29.7 Å².